The molecule has 2 amide bonds. The van der Waals surface area contributed by atoms with Gasteiger partial charge in [-0.15, -0.1) is 0 Å². The van der Waals surface area contributed by atoms with Crippen LogP contribution in [0.5, 0.6) is 23.0 Å². The van der Waals surface area contributed by atoms with Crippen LogP contribution < -0.4 is 30.8 Å². The van der Waals surface area contributed by atoms with Gasteiger partial charge in [-0.05, 0) is 12.1 Å². The fourth-order valence-corrected chi connectivity index (χ4v) is 3.49. The van der Waals surface area contributed by atoms with Crippen LogP contribution in [0.25, 0.3) is 0 Å². The number of ether oxygens (including phenoxy) is 3. The summed E-state index contributed by atoms with van der Waals surface area (Å²) < 4.78 is 16.9. The number of phenols is 1. The summed E-state index contributed by atoms with van der Waals surface area (Å²) >= 11 is 0. The number of benzene rings is 2. The molecule has 2 heterocycles. The van der Waals surface area contributed by atoms with E-state index in [2.05, 4.69) is 10.9 Å². The first-order chi connectivity index (χ1) is 12.5. The van der Waals surface area contributed by atoms with Crippen molar-refractivity contribution in [1.82, 2.24) is 10.9 Å². The molecule has 8 heteroatoms. The second-order valence-electron chi connectivity index (χ2n) is 6.31. The minimum absolute atomic E-state index is 0.136. The predicted octanol–water partition coefficient (Wildman–Crippen LogP) is 1.78. The molecular weight excluding hydrogens is 338 g/mol. The number of para-hydroxylation sites is 1. The lowest BCUT2D eigenvalue weighted by molar-refractivity contribution is 0.0688. The summed E-state index contributed by atoms with van der Waals surface area (Å²) in [6, 6.07) is 10.1. The van der Waals surface area contributed by atoms with Gasteiger partial charge in [0.25, 0.3) is 0 Å². The van der Waals surface area contributed by atoms with Crippen LogP contribution in [0.3, 0.4) is 0 Å². The third-order valence-electron chi connectivity index (χ3n) is 4.71. The molecule has 2 aromatic rings. The summed E-state index contributed by atoms with van der Waals surface area (Å²) in [5.74, 6) is 1.68. The lowest BCUT2D eigenvalue weighted by Crippen LogP contribution is -2.54. The molecule has 5 N–H and O–H groups in total. The van der Waals surface area contributed by atoms with Gasteiger partial charge >= 0.3 is 6.03 Å². The number of hydrogen-bond donors (Lipinski definition) is 4. The summed E-state index contributed by atoms with van der Waals surface area (Å²) in [5, 5.41) is 10.4. The van der Waals surface area contributed by atoms with Crippen LogP contribution in [0.1, 0.15) is 24.0 Å². The largest absolute Gasteiger partial charge is 0.508 e. The third-order valence-corrected chi connectivity index (χ3v) is 4.71. The summed E-state index contributed by atoms with van der Waals surface area (Å²) in [6.07, 6.45) is -0.556. The van der Waals surface area contributed by atoms with E-state index in [0.717, 1.165) is 11.1 Å². The number of rotatable bonds is 3. The average Bonchev–Trinajstić information content (AvgIpc) is 3.06. The first kappa shape index (κ1) is 16.3. The zero-order valence-corrected chi connectivity index (χ0v) is 14.1. The standard InChI is InChI=1S/C18H19N3O5/c1-9-16(10-4-2-3-5-12(10)22)11-6-14-15(25-8-24-14)7-13(11)26-17(9)20-21-18(19)23/h2-7,9,16-17,20,22H,8H2,1H3,(H3,19,21,23)/t9-,16-,17-/m0/s1. The van der Waals surface area contributed by atoms with Crippen LogP contribution in [0, 0.1) is 5.92 Å². The fraction of sp³-hybridized carbons (Fsp3) is 0.278. The van der Waals surface area contributed by atoms with Crippen LogP contribution in [0.4, 0.5) is 4.79 Å². The summed E-state index contributed by atoms with van der Waals surface area (Å²) in [4.78, 5) is 11.1. The molecule has 2 aliphatic heterocycles. The van der Waals surface area contributed by atoms with Crippen molar-refractivity contribution in [3.63, 3.8) is 0 Å². The van der Waals surface area contributed by atoms with E-state index in [1.54, 1.807) is 18.2 Å². The Hall–Kier alpha value is -3.13. The van der Waals surface area contributed by atoms with Crippen molar-refractivity contribution < 1.29 is 24.1 Å². The van der Waals surface area contributed by atoms with Gasteiger partial charge in [-0.25, -0.2) is 4.79 Å². The molecule has 2 aromatic carbocycles. The molecule has 26 heavy (non-hydrogen) atoms. The van der Waals surface area contributed by atoms with E-state index < -0.39 is 12.3 Å². The van der Waals surface area contributed by atoms with E-state index in [9.17, 15) is 9.90 Å². The number of aromatic hydroxyl groups is 1. The Morgan fingerprint density at radius 1 is 1.15 bits per heavy atom. The van der Waals surface area contributed by atoms with Gasteiger partial charge < -0.3 is 25.1 Å². The zero-order valence-electron chi connectivity index (χ0n) is 14.1. The topological polar surface area (TPSA) is 115 Å². The normalized spacial score (nSPS) is 23.0. The Kier molecular flexibility index (Phi) is 3.96. The zero-order chi connectivity index (χ0) is 18.3. The highest BCUT2D eigenvalue weighted by molar-refractivity contribution is 5.71. The number of hydrazine groups is 1. The number of fused-ring (bicyclic) bond motifs is 2. The van der Waals surface area contributed by atoms with Gasteiger partial charge in [-0.3, -0.25) is 5.43 Å². The number of nitrogens with two attached hydrogens (primary N) is 1. The van der Waals surface area contributed by atoms with E-state index >= 15 is 0 Å². The third kappa shape index (κ3) is 2.74. The highest BCUT2D eigenvalue weighted by atomic mass is 16.7. The SMILES string of the molecule is C[C@H]1[C@@H](c2ccccc2O)c2cc3c(cc2O[C@@H]1NNC(N)=O)OCO3. The molecule has 0 spiro atoms. The number of primary amides is 1. The molecule has 0 bridgehead atoms. The van der Waals surface area contributed by atoms with Gasteiger partial charge in [0.15, 0.2) is 17.7 Å². The fourth-order valence-electron chi connectivity index (χ4n) is 3.49. The van der Waals surface area contributed by atoms with Crippen LogP contribution in [0.2, 0.25) is 0 Å². The minimum atomic E-state index is -0.712. The molecule has 0 saturated carbocycles. The number of amides is 2. The Labute approximate surface area is 149 Å². The maximum Gasteiger partial charge on any atom is 0.326 e. The summed E-state index contributed by atoms with van der Waals surface area (Å²) in [5.41, 5.74) is 11.9. The highest BCUT2D eigenvalue weighted by Crippen LogP contribution is 2.50. The smallest absolute Gasteiger partial charge is 0.326 e. The van der Waals surface area contributed by atoms with Gasteiger partial charge in [0, 0.05) is 29.0 Å². The number of urea groups is 1. The van der Waals surface area contributed by atoms with Gasteiger partial charge in [-0.1, -0.05) is 25.1 Å². The first-order valence-electron chi connectivity index (χ1n) is 8.23. The molecule has 0 aliphatic carbocycles. The van der Waals surface area contributed by atoms with E-state index in [0.29, 0.717) is 17.2 Å². The van der Waals surface area contributed by atoms with Crippen molar-refractivity contribution in [3.8, 4) is 23.0 Å². The molecule has 0 saturated heterocycles. The second-order valence-corrected chi connectivity index (χ2v) is 6.31. The molecule has 0 fully saturated rings. The van der Waals surface area contributed by atoms with E-state index in [-0.39, 0.29) is 24.4 Å². The minimum Gasteiger partial charge on any atom is -0.508 e. The van der Waals surface area contributed by atoms with Crippen LogP contribution >= 0.6 is 0 Å². The van der Waals surface area contributed by atoms with Crippen LogP contribution in [-0.2, 0) is 0 Å². The van der Waals surface area contributed by atoms with Crippen molar-refractivity contribution in [2.45, 2.75) is 19.1 Å². The highest BCUT2D eigenvalue weighted by Gasteiger charge is 2.39. The van der Waals surface area contributed by atoms with Gasteiger partial charge in [0.05, 0.1) is 0 Å². The molecule has 2 aliphatic rings. The molecule has 136 valence electrons. The number of carbonyl (C=O) groups excluding carboxylic acids is 1. The maximum atomic E-state index is 11.1. The quantitative estimate of drug-likeness (QED) is 0.623. The molecule has 4 rings (SSSR count). The molecule has 0 aromatic heterocycles. The van der Waals surface area contributed by atoms with E-state index in [4.69, 9.17) is 19.9 Å². The first-order valence-corrected chi connectivity index (χ1v) is 8.23. The van der Waals surface area contributed by atoms with Crippen molar-refractivity contribution in [2.75, 3.05) is 6.79 Å². The van der Waals surface area contributed by atoms with E-state index in [1.807, 2.05) is 25.1 Å². The Morgan fingerprint density at radius 3 is 2.62 bits per heavy atom. The monoisotopic (exact) mass is 357 g/mol. The predicted molar refractivity (Wildman–Crippen MR) is 91.9 cm³/mol. The molecular formula is C18H19N3O5. The van der Waals surface area contributed by atoms with Crippen LogP contribution in [-0.4, -0.2) is 24.2 Å². The number of nitrogens with one attached hydrogen (secondary N) is 2. The van der Waals surface area contributed by atoms with Crippen molar-refractivity contribution in [2.24, 2.45) is 11.7 Å². The Morgan fingerprint density at radius 2 is 1.88 bits per heavy atom. The number of carbonyl (C=O) groups is 1. The molecule has 0 radical (unpaired) electrons. The average molecular weight is 357 g/mol. The summed E-state index contributed by atoms with van der Waals surface area (Å²) in [7, 11) is 0. The number of hydrogen-bond acceptors (Lipinski definition) is 6. The lowest BCUT2D eigenvalue weighted by atomic mass is 9.78. The maximum absolute atomic E-state index is 11.1. The molecule has 0 unspecified atom stereocenters. The van der Waals surface area contributed by atoms with Crippen molar-refractivity contribution in [1.29, 1.82) is 0 Å². The second kappa shape index (κ2) is 6.30. The summed E-state index contributed by atoms with van der Waals surface area (Å²) in [6.45, 7) is 2.12. The molecule has 8 nitrogen and oxygen atoms in total. The van der Waals surface area contributed by atoms with Gasteiger partial charge in [-0.2, -0.15) is 5.43 Å². The van der Waals surface area contributed by atoms with Crippen molar-refractivity contribution in [3.05, 3.63) is 47.5 Å². The lowest BCUT2D eigenvalue weighted by Gasteiger charge is -2.38. The Bertz CT molecular complexity index is 857. The van der Waals surface area contributed by atoms with E-state index in [1.165, 1.54) is 0 Å². The van der Waals surface area contributed by atoms with Crippen molar-refractivity contribution >= 4 is 6.03 Å². The van der Waals surface area contributed by atoms with Gasteiger partial charge in [0.2, 0.25) is 6.79 Å². The van der Waals surface area contributed by atoms with Crippen LogP contribution in [0.15, 0.2) is 36.4 Å². The van der Waals surface area contributed by atoms with Gasteiger partial charge in [0.1, 0.15) is 11.5 Å². The Balaban J connectivity index is 1.80. The number of phenolic OH excluding ortho intramolecular Hbond substituents is 1. The molecule has 3 atom stereocenters.